The van der Waals surface area contributed by atoms with Gasteiger partial charge in [-0.1, -0.05) is 0 Å². The number of amides is 1. The number of carboxylic acids is 1. The molecule has 0 radical (unpaired) electrons. The number of hydrogen-bond donors (Lipinski definition) is 3. The Labute approximate surface area is 103 Å². The molecule has 0 aromatic carbocycles. The van der Waals surface area contributed by atoms with Crippen molar-refractivity contribution in [2.45, 2.75) is 32.4 Å². The zero-order chi connectivity index (χ0) is 13.0. The van der Waals surface area contributed by atoms with Crippen LogP contribution in [0.3, 0.4) is 0 Å². The fourth-order valence-corrected chi connectivity index (χ4v) is 2.04. The van der Waals surface area contributed by atoms with Crippen molar-refractivity contribution in [3.8, 4) is 0 Å². The van der Waals surface area contributed by atoms with Gasteiger partial charge in [0, 0.05) is 17.8 Å². The molecule has 1 amide bonds. The summed E-state index contributed by atoms with van der Waals surface area (Å²) >= 11 is 1.21. The van der Waals surface area contributed by atoms with E-state index in [1.54, 1.807) is 13.8 Å². The van der Waals surface area contributed by atoms with Crippen molar-refractivity contribution in [2.75, 3.05) is 0 Å². The van der Waals surface area contributed by atoms with Crippen LogP contribution in [0.1, 0.15) is 41.8 Å². The van der Waals surface area contributed by atoms with Gasteiger partial charge in [0.1, 0.15) is 5.01 Å². The monoisotopic (exact) mass is 257 g/mol. The highest BCUT2D eigenvalue weighted by Gasteiger charge is 2.16. The zero-order valence-corrected chi connectivity index (χ0v) is 10.5. The van der Waals surface area contributed by atoms with E-state index >= 15 is 0 Å². The lowest BCUT2D eigenvalue weighted by molar-refractivity contribution is -0.122. The van der Waals surface area contributed by atoms with E-state index in [2.05, 4.69) is 10.3 Å². The Hall–Kier alpha value is -1.47. The zero-order valence-electron chi connectivity index (χ0n) is 9.64. The molecule has 2 unspecified atom stereocenters. The highest BCUT2D eigenvalue weighted by Crippen LogP contribution is 2.18. The van der Waals surface area contributed by atoms with Crippen LogP contribution in [0.5, 0.6) is 0 Å². The van der Waals surface area contributed by atoms with Crippen molar-refractivity contribution in [3.63, 3.8) is 0 Å². The normalized spacial score (nSPS) is 14.1. The van der Waals surface area contributed by atoms with E-state index in [1.165, 1.54) is 16.7 Å². The molecule has 17 heavy (non-hydrogen) atoms. The van der Waals surface area contributed by atoms with Crippen molar-refractivity contribution in [3.05, 3.63) is 16.1 Å². The average Bonchev–Trinajstić information content (AvgIpc) is 2.64. The second-order valence-corrected chi connectivity index (χ2v) is 4.74. The molecule has 0 fully saturated rings. The number of nitrogens with one attached hydrogen (secondary N) is 1. The van der Waals surface area contributed by atoms with E-state index in [0.29, 0.717) is 5.01 Å². The van der Waals surface area contributed by atoms with Gasteiger partial charge < -0.3 is 16.2 Å². The summed E-state index contributed by atoms with van der Waals surface area (Å²) in [5, 5.41) is 13.5. The fourth-order valence-electron chi connectivity index (χ4n) is 1.24. The lowest BCUT2D eigenvalue weighted by atomic mass is 10.2. The van der Waals surface area contributed by atoms with Gasteiger partial charge in [-0.2, -0.15) is 0 Å². The minimum atomic E-state index is -1.07. The summed E-state index contributed by atoms with van der Waals surface area (Å²) in [6, 6.07) is -0.507. The summed E-state index contributed by atoms with van der Waals surface area (Å²) in [5.41, 5.74) is 5.50. The first-order valence-electron chi connectivity index (χ1n) is 5.13. The van der Waals surface area contributed by atoms with Gasteiger partial charge in [0.25, 0.3) is 0 Å². The van der Waals surface area contributed by atoms with E-state index in [4.69, 9.17) is 10.8 Å². The summed E-state index contributed by atoms with van der Waals surface area (Å²) < 4.78 is 0. The highest BCUT2D eigenvalue weighted by molar-refractivity contribution is 7.09. The number of aromatic nitrogens is 1. The van der Waals surface area contributed by atoms with Crippen LogP contribution < -0.4 is 11.1 Å². The van der Waals surface area contributed by atoms with Crippen LogP contribution >= 0.6 is 11.3 Å². The second-order valence-electron chi connectivity index (χ2n) is 3.85. The summed E-state index contributed by atoms with van der Waals surface area (Å²) in [5.74, 6) is -1.24. The number of carbonyl (C=O) groups is 2. The Balaban J connectivity index is 2.60. The average molecular weight is 257 g/mol. The predicted molar refractivity (Wildman–Crippen MR) is 63.9 cm³/mol. The number of carbonyl (C=O) groups excluding carboxylic acids is 1. The topological polar surface area (TPSA) is 105 Å². The van der Waals surface area contributed by atoms with Gasteiger partial charge in [-0.05, 0) is 13.8 Å². The molecule has 2 atom stereocenters. The van der Waals surface area contributed by atoms with E-state index in [1.807, 2.05) is 0 Å². The molecule has 0 saturated carbocycles. The molecule has 1 aromatic rings. The molecule has 1 aromatic heterocycles. The van der Waals surface area contributed by atoms with Gasteiger partial charge in [0.15, 0.2) is 5.69 Å². The molecule has 7 heteroatoms. The van der Waals surface area contributed by atoms with Gasteiger partial charge in [-0.15, -0.1) is 11.3 Å². The molecular formula is C10H15N3O3S. The lowest BCUT2D eigenvalue weighted by Gasteiger charge is -2.12. The maximum Gasteiger partial charge on any atom is 0.355 e. The summed E-state index contributed by atoms with van der Waals surface area (Å²) in [7, 11) is 0. The molecule has 4 N–H and O–H groups in total. The molecule has 0 saturated heterocycles. The number of rotatable bonds is 5. The number of hydrogen-bond acceptors (Lipinski definition) is 5. The third-order valence-corrected chi connectivity index (χ3v) is 3.02. The van der Waals surface area contributed by atoms with E-state index < -0.39 is 5.97 Å². The molecule has 6 nitrogen and oxygen atoms in total. The molecule has 0 bridgehead atoms. The molecular weight excluding hydrogens is 242 g/mol. The molecule has 1 heterocycles. The molecule has 0 aliphatic carbocycles. The smallest absolute Gasteiger partial charge is 0.355 e. The SMILES string of the molecule is CC(N)CC(=O)NC(C)c1nc(C(=O)O)cs1. The maximum absolute atomic E-state index is 11.4. The van der Waals surface area contributed by atoms with Crippen LogP contribution in [-0.2, 0) is 4.79 Å². The predicted octanol–water partition coefficient (Wildman–Crippen LogP) is 0.756. The fraction of sp³-hybridized carbons (Fsp3) is 0.500. The van der Waals surface area contributed by atoms with Crippen molar-refractivity contribution >= 4 is 23.2 Å². The quantitative estimate of drug-likeness (QED) is 0.722. The molecule has 0 spiro atoms. The largest absolute Gasteiger partial charge is 0.476 e. The summed E-state index contributed by atoms with van der Waals surface area (Å²) in [6.45, 7) is 3.50. The standard InChI is InChI=1S/C10H15N3O3S/c1-5(11)3-8(14)12-6(2)9-13-7(4-17-9)10(15)16/h4-6H,3,11H2,1-2H3,(H,12,14)(H,15,16). The van der Waals surface area contributed by atoms with Crippen molar-refractivity contribution < 1.29 is 14.7 Å². The van der Waals surface area contributed by atoms with Crippen LogP contribution in [0.4, 0.5) is 0 Å². The first-order chi connectivity index (χ1) is 7.90. The van der Waals surface area contributed by atoms with Gasteiger partial charge in [-0.3, -0.25) is 4.79 Å². The summed E-state index contributed by atoms with van der Waals surface area (Å²) in [6.07, 6.45) is 0.238. The van der Waals surface area contributed by atoms with E-state index in [0.717, 1.165) is 0 Å². The first-order valence-corrected chi connectivity index (χ1v) is 6.01. The molecule has 0 aliphatic heterocycles. The Kier molecular flexibility index (Phi) is 4.59. The minimum Gasteiger partial charge on any atom is -0.476 e. The number of nitrogens with two attached hydrogens (primary N) is 1. The third kappa shape index (κ3) is 4.12. The number of thiazole rings is 1. The van der Waals surface area contributed by atoms with Gasteiger partial charge >= 0.3 is 5.97 Å². The Morgan fingerprint density at radius 1 is 1.59 bits per heavy atom. The first kappa shape index (κ1) is 13.6. The highest BCUT2D eigenvalue weighted by atomic mass is 32.1. The van der Waals surface area contributed by atoms with Gasteiger partial charge in [0.05, 0.1) is 6.04 Å². The van der Waals surface area contributed by atoms with Gasteiger partial charge in [-0.25, -0.2) is 9.78 Å². The second kappa shape index (κ2) is 5.74. The third-order valence-electron chi connectivity index (χ3n) is 2.00. The molecule has 1 rings (SSSR count). The number of aromatic carboxylic acids is 1. The molecule has 94 valence electrons. The van der Waals surface area contributed by atoms with Crippen LogP contribution in [0.15, 0.2) is 5.38 Å². The van der Waals surface area contributed by atoms with E-state index in [9.17, 15) is 9.59 Å². The molecule has 0 aliphatic rings. The van der Waals surface area contributed by atoms with Crippen LogP contribution in [-0.4, -0.2) is 28.0 Å². The Bertz CT molecular complexity index is 417. The lowest BCUT2D eigenvalue weighted by Crippen LogP contribution is -2.31. The summed E-state index contributed by atoms with van der Waals surface area (Å²) in [4.78, 5) is 26.0. The number of nitrogens with zero attached hydrogens (tertiary/aromatic N) is 1. The van der Waals surface area contributed by atoms with Gasteiger partial charge in [0.2, 0.25) is 5.91 Å². The van der Waals surface area contributed by atoms with Crippen molar-refractivity contribution in [1.29, 1.82) is 0 Å². The van der Waals surface area contributed by atoms with Crippen LogP contribution in [0.25, 0.3) is 0 Å². The van der Waals surface area contributed by atoms with Crippen molar-refractivity contribution in [1.82, 2.24) is 10.3 Å². The van der Waals surface area contributed by atoms with Crippen molar-refractivity contribution in [2.24, 2.45) is 5.73 Å². The maximum atomic E-state index is 11.4. The van der Waals surface area contributed by atoms with Crippen LogP contribution in [0, 0.1) is 0 Å². The number of carboxylic acid groups (broad SMARTS) is 1. The van der Waals surface area contributed by atoms with E-state index in [-0.39, 0.29) is 30.1 Å². The Morgan fingerprint density at radius 2 is 2.24 bits per heavy atom. The minimum absolute atomic E-state index is 0.00158. The van der Waals surface area contributed by atoms with Crippen LogP contribution in [0.2, 0.25) is 0 Å². The Morgan fingerprint density at radius 3 is 2.71 bits per heavy atom.